The Morgan fingerprint density at radius 3 is 1.77 bits per heavy atom. The van der Waals surface area contributed by atoms with E-state index in [1.165, 1.54) is 66.6 Å². The smallest absolute Gasteiger partial charge is 0.210 e. The summed E-state index contributed by atoms with van der Waals surface area (Å²) < 4.78 is 2.42. The summed E-state index contributed by atoms with van der Waals surface area (Å²) in [6, 6.07) is 48.8. The van der Waals surface area contributed by atoms with E-state index in [4.69, 9.17) is 0 Å². The molecule has 0 saturated carbocycles. The van der Waals surface area contributed by atoms with Gasteiger partial charge in [-0.2, -0.15) is 4.58 Å². The van der Waals surface area contributed by atoms with E-state index in [2.05, 4.69) is 189 Å². The molecule has 0 unspecified atom stereocenters. The summed E-state index contributed by atoms with van der Waals surface area (Å²) in [6.07, 6.45) is 8.93. The highest BCUT2D eigenvalue weighted by atomic mass is 15.2. The van der Waals surface area contributed by atoms with Gasteiger partial charge in [-0.1, -0.05) is 121 Å². The molecule has 0 aliphatic carbocycles. The normalized spacial score (nSPS) is 21.4. The molecule has 47 heavy (non-hydrogen) atoms. The summed E-state index contributed by atoms with van der Waals surface area (Å²) in [5.41, 5.74) is 10.4. The Morgan fingerprint density at radius 1 is 0.596 bits per heavy atom. The van der Waals surface area contributed by atoms with E-state index in [0.717, 1.165) is 12.8 Å². The van der Waals surface area contributed by atoms with Crippen LogP contribution in [0.2, 0.25) is 0 Å². The third-order valence-electron chi connectivity index (χ3n) is 10.8. The van der Waals surface area contributed by atoms with Crippen LogP contribution >= 0.6 is 0 Å². The molecule has 230 valence electrons. The molecule has 8 rings (SSSR count). The zero-order chi connectivity index (χ0) is 32.2. The largest absolute Gasteiger partial charge is 0.347 e. The Hall–Kier alpha value is -5.21. The molecule has 0 bridgehead atoms. The van der Waals surface area contributed by atoms with Crippen molar-refractivity contribution in [1.29, 1.82) is 0 Å². The third kappa shape index (κ3) is 4.66. The minimum Gasteiger partial charge on any atom is -0.347 e. The van der Waals surface area contributed by atoms with Crippen molar-refractivity contribution in [2.24, 2.45) is 0 Å². The van der Waals surface area contributed by atoms with Crippen molar-refractivity contribution < 1.29 is 4.58 Å². The summed E-state index contributed by atoms with van der Waals surface area (Å²) in [7, 11) is 4.47. The first kappa shape index (κ1) is 29.2. The fourth-order valence-electron chi connectivity index (χ4n) is 8.68. The monoisotopic (exact) mass is 609 g/mol. The van der Waals surface area contributed by atoms with Crippen LogP contribution in [0.25, 0.3) is 21.5 Å². The number of nitrogens with zero attached hydrogens (tertiary/aromatic N) is 2. The van der Waals surface area contributed by atoms with Gasteiger partial charge in [-0.3, -0.25) is 0 Å². The minimum atomic E-state index is -0.199. The van der Waals surface area contributed by atoms with Crippen LogP contribution < -0.4 is 4.90 Å². The van der Waals surface area contributed by atoms with Gasteiger partial charge < -0.3 is 4.90 Å². The number of likely N-dealkylation sites (N-methyl/N-ethyl adjacent to an activating group) is 1. The second-order valence-corrected chi connectivity index (χ2v) is 13.8. The Morgan fingerprint density at radius 2 is 1.13 bits per heavy atom. The van der Waals surface area contributed by atoms with Gasteiger partial charge in [-0.05, 0) is 83.1 Å². The SMILES string of the molecule is CN1/C(=C\C=C\C2=[N+](C)c3ccc4ccccc4c3[C@@]2(C)Cc2ccccc2)[C@@](C)(Cc2ccccc2)c2c1ccc1ccccc21. The lowest BCUT2D eigenvalue weighted by Crippen LogP contribution is -2.33. The maximum absolute atomic E-state index is 2.44. The molecule has 0 fully saturated rings. The van der Waals surface area contributed by atoms with Crippen LogP contribution in [0.15, 0.2) is 157 Å². The molecule has 2 aliphatic heterocycles. The molecular weight excluding hydrogens is 569 g/mol. The summed E-state index contributed by atoms with van der Waals surface area (Å²) >= 11 is 0. The summed E-state index contributed by atoms with van der Waals surface area (Å²) in [6.45, 7) is 4.87. The van der Waals surface area contributed by atoms with Crippen LogP contribution in [0.4, 0.5) is 11.4 Å². The number of allylic oxidation sites excluding steroid dienone is 4. The van der Waals surface area contributed by atoms with E-state index < -0.39 is 0 Å². The number of rotatable bonds is 6. The molecule has 6 aromatic carbocycles. The molecular formula is C45H41N2+. The van der Waals surface area contributed by atoms with Crippen LogP contribution in [0.5, 0.6) is 0 Å². The molecule has 6 aromatic rings. The van der Waals surface area contributed by atoms with E-state index in [1.54, 1.807) is 0 Å². The first-order chi connectivity index (χ1) is 22.9. The van der Waals surface area contributed by atoms with E-state index >= 15 is 0 Å². The fourth-order valence-corrected chi connectivity index (χ4v) is 8.68. The quantitative estimate of drug-likeness (QED) is 0.170. The number of hydrogen-bond donors (Lipinski definition) is 0. The van der Waals surface area contributed by atoms with Gasteiger partial charge in [0.1, 0.15) is 7.05 Å². The number of hydrogen-bond acceptors (Lipinski definition) is 1. The molecule has 2 aliphatic rings. The summed E-state index contributed by atoms with van der Waals surface area (Å²) in [5, 5.41) is 5.26. The average molecular weight is 610 g/mol. The number of fused-ring (bicyclic) bond motifs is 6. The van der Waals surface area contributed by atoms with E-state index in [1.807, 2.05) is 0 Å². The minimum absolute atomic E-state index is 0.199. The van der Waals surface area contributed by atoms with Gasteiger partial charge in [0.15, 0.2) is 5.71 Å². The number of anilines is 1. The summed E-state index contributed by atoms with van der Waals surface area (Å²) in [4.78, 5) is 2.42. The highest BCUT2D eigenvalue weighted by Crippen LogP contribution is 2.52. The lowest BCUT2D eigenvalue weighted by Gasteiger charge is -2.29. The van der Waals surface area contributed by atoms with Gasteiger partial charge in [-0.25, -0.2) is 0 Å². The van der Waals surface area contributed by atoms with E-state index in [0.29, 0.717) is 0 Å². The maximum atomic E-state index is 2.44. The van der Waals surface area contributed by atoms with Crippen molar-refractivity contribution in [3.8, 4) is 0 Å². The topological polar surface area (TPSA) is 6.25 Å². The van der Waals surface area contributed by atoms with Crippen molar-refractivity contribution in [3.63, 3.8) is 0 Å². The third-order valence-corrected chi connectivity index (χ3v) is 10.8. The zero-order valence-electron chi connectivity index (χ0n) is 27.7. The van der Waals surface area contributed by atoms with Crippen LogP contribution in [-0.2, 0) is 23.7 Å². The van der Waals surface area contributed by atoms with Crippen molar-refractivity contribution >= 4 is 38.6 Å². The second kappa shape index (κ2) is 11.2. The average Bonchev–Trinajstić information content (AvgIpc) is 3.44. The Bertz CT molecular complexity index is 2240. The summed E-state index contributed by atoms with van der Waals surface area (Å²) in [5.74, 6) is 0. The fraction of sp³-hybridized carbons (Fsp3) is 0.178. The van der Waals surface area contributed by atoms with Gasteiger partial charge in [-0.15, -0.1) is 0 Å². The van der Waals surface area contributed by atoms with Crippen LogP contribution in [-0.4, -0.2) is 24.4 Å². The first-order valence-electron chi connectivity index (χ1n) is 16.7. The molecule has 2 nitrogen and oxygen atoms in total. The van der Waals surface area contributed by atoms with Crippen LogP contribution in [0.3, 0.4) is 0 Å². The highest BCUT2D eigenvalue weighted by Gasteiger charge is 2.48. The Balaban J connectivity index is 1.26. The van der Waals surface area contributed by atoms with E-state index in [9.17, 15) is 0 Å². The molecule has 0 N–H and O–H groups in total. The number of benzene rings is 6. The van der Waals surface area contributed by atoms with Crippen molar-refractivity contribution in [3.05, 3.63) is 180 Å². The van der Waals surface area contributed by atoms with Gasteiger partial charge >= 0.3 is 0 Å². The van der Waals surface area contributed by atoms with Crippen molar-refractivity contribution in [1.82, 2.24) is 0 Å². The van der Waals surface area contributed by atoms with Crippen LogP contribution in [0, 0.1) is 0 Å². The standard InChI is InChI=1S/C45H41N2/c1-44(30-32-16-7-5-8-17-32)40(46(3)38-28-26-34-20-11-13-22-36(34)42(38)44)24-15-25-41-45(2,31-33-18-9-6-10-19-33)43-37-23-14-12-21-35(37)27-29-39(43)47(41)4/h5-29H,30-31H2,1-4H3/q+1/t44-,45+. The van der Waals surface area contributed by atoms with Gasteiger partial charge in [0, 0.05) is 41.6 Å². The second-order valence-electron chi connectivity index (χ2n) is 13.8. The lowest BCUT2D eigenvalue weighted by molar-refractivity contribution is -0.401. The van der Waals surface area contributed by atoms with Crippen molar-refractivity contribution in [2.45, 2.75) is 37.5 Å². The Kier molecular flexibility index (Phi) is 6.99. The maximum Gasteiger partial charge on any atom is 0.210 e. The van der Waals surface area contributed by atoms with Gasteiger partial charge in [0.2, 0.25) is 5.69 Å². The van der Waals surface area contributed by atoms with E-state index in [-0.39, 0.29) is 10.8 Å². The highest BCUT2D eigenvalue weighted by molar-refractivity contribution is 6.08. The predicted molar refractivity (Wildman–Crippen MR) is 199 cm³/mol. The molecule has 0 radical (unpaired) electrons. The van der Waals surface area contributed by atoms with Gasteiger partial charge in [0.05, 0.1) is 5.41 Å². The Labute approximate surface area is 278 Å². The molecule has 2 heterocycles. The molecule has 2 heteroatoms. The predicted octanol–water partition coefficient (Wildman–Crippen LogP) is 10.3. The van der Waals surface area contributed by atoms with Crippen LogP contribution in [0.1, 0.15) is 36.1 Å². The molecule has 0 aromatic heterocycles. The molecule has 0 spiro atoms. The van der Waals surface area contributed by atoms with Gasteiger partial charge in [0.25, 0.3) is 0 Å². The first-order valence-corrected chi connectivity index (χ1v) is 16.7. The van der Waals surface area contributed by atoms with Crippen molar-refractivity contribution in [2.75, 3.05) is 19.0 Å². The molecule has 0 saturated heterocycles. The lowest BCUT2D eigenvalue weighted by atomic mass is 9.73. The molecule has 2 atom stereocenters. The zero-order valence-corrected chi connectivity index (χ0v) is 27.7. The molecule has 0 amide bonds.